The summed E-state index contributed by atoms with van der Waals surface area (Å²) < 4.78 is 11.5. The van der Waals surface area contributed by atoms with Crippen LogP contribution in [-0.2, 0) is 14.3 Å². The van der Waals surface area contributed by atoms with Crippen molar-refractivity contribution < 1.29 is 24.2 Å². The van der Waals surface area contributed by atoms with Crippen molar-refractivity contribution in [2.75, 3.05) is 7.11 Å². The van der Waals surface area contributed by atoms with Crippen LogP contribution >= 0.6 is 0 Å². The van der Waals surface area contributed by atoms with Gasteiger partial charge in [0, 0.05) is 18.1 Å². The third kappa shape index (κ3) is 4.88. The number of carbonyl (C=O) groups excluding carboxylic acids is 2. The largest absolute Gasteiger partial charge is 0.507 e. The number of allylic oxidation sites excluding steroid dienone is 1. The second-order valence-corrected chi connectivity index (χ2v) is 9.86. The Labute approximate surface area is 191 Å². The summed E-state index contributed by atoms with van der Waals surface area (Å²) in [6, 6.07) is 3.37. The van der Waals surface area contributed by atoms with Gasteiger partial charge in [0.05, 0.1) is 11.7 Å². The molecule has 0 spiro atoms. The molecule has 0 saturated carbocycles. The third-order valence-electron chi connectivity index (χ3n) is 6.27. The van der Waals surface area contributed by atoms with Crippen LogP contribution in [0.15, 0.2) is 46.6 Å². The summed E-state index contributed by atoms with van der Waals surface area (Å²) in [5.74, 6) is -0.322. The quantitative estimate of drug-likeness (QED) is 0.357. The first-order chi connectivity index (χ1) is 14.6. The number of phenolic OH excluding ortho intramolecular Hbond substituents is 1. The number of aryl methyl sites for hydroxylation is 2. The molecule has 5 nitrogen and oxygen atoms in total. The minimum absolute atomic E-state index is 0.155. The van der Waals surface area contributed by atoms with Crippen LogP contribution in [0, 0.1) is 19.3 Å². The van der Waals surface area contributed by atoms with Crippen LogP contribution in [0.3, 0.4) is 0 Å². The van der Waals surface area contributed by atoms with Crippen molar-refractivity contribution in [2.45, 2.75) is 74.0 Å². The Hall–Kier alpha value is -2.66. The molecule has 0 aliphatic heterocycles. The molecule has 32 heavy (non-hydrogen) atoms. The van der Waals surface area contributed by atoms with Gasteiger partial charge in [0.2, 0.25) is 0 Å². The number of hydrogen-bond acceptors (Lipinski definition) is 5. The van der Waals surface area contributed by atoms with E-state index < -0.39 is 17.1 Å². The minimum Gasteiger partial charge on any atom is -0.507 e. The number of aromatic hydroxyl groups is 1. The first kappa shape index (κ1) is 25.6. The Balaban J connectivity index is 2.48. The number of rotatable bonds is 5. The van der Waals surface area contributed by atoms with Gasteiger partial charge in [-0.1, -0.05) is 11.6 Å². The topological polar surface area (TPSA) is 72.8 Å². The second-order valence-electron chi connectivity index (χ2n) is 9.86. The number of benzene rings is 1. The lowest BCUT2D eigenvalue weighted by Crippen LogP contribution is -2.40. The van der Waals surface area contributed by atoms with Crippen LogP contribution < -0.4 is 0 Å². The highest BCUT2D eigenvalue weighted by molar-refractivity contribution is 6.05. The van der Waals surface area contributed by atoms with Crippen LogP contribution in [0.5, 0.6) is 5.75 Å². The number of carbonyl (C=O) groups is 2. The van der Waals surface area contributed by atoms with Gasteiger partial charge in [-0.3, -0.25) is 4.79 Å². The zero-order chi connectivity index (χ0) is 24.6. The number of ether oxygens (including phenoxy) is 2. The Morgan fingerprint density at radius 2 is 1.59 bits per heavy atom. The van der Waals surface area contributed by atoms with Crippen molar-refractivity contribution in [2.24, 2.45) is 5.41 Å². The molecule has 1 aliphatic carbocycles. The lowest BCUT2D eigenvalue weighted by atomic mass is 9.67. The first-order valence-electron chi connectivity index (χ1n) is 10.8. The molecule has 0 saturated heterocycles. The highest BCUT2D eigenvalue weighted by Crippen LogP contribution is 2.46. The van der Waals surface area contributed by atoms with Gasteiger partial charge in [0.1, 0.15) is 11.4 Å². The molecule has 1 aliphatic rings. The molecule has 0 aromatic heterocycles. The van der Waals surface area contributed by atoms with Crippen molar-refractivity contribution in [3.05, 3.63) is 63.3 Å². The van der Waals surface area contributed by atoms with Gasteiger partial charge in [0.25, 0.3) is 0 Å². The van der Waals surface area contributed by atoms with Crippen LogP contribution in [0.4, 0.5) is 0 Å². The average Bonchev–Trinajstić information content (AvgIpc) is 2.67. The van der Waals surface area contributed by atoms with Gasteiger partial charge >= 0.3 is 5.97 Å². The fraction of sp³-hybridized carbons (Fsp3) is 0.481. The van der Waals surface area contributed by atoms with Gasteiger partial charge in [-0.05, 0) is 103 Å². The Morgan fingerprint density at radius 3 is 2.06 bits per heavy atom. The number of hydrogen-bond donors (Lipinski definition) is 1. The highest BCUT2D eigenvalue weighted by atomic mass is 16.6. The smallest absolute Gasteiger partial charge is 0.338 e. The third-order valence-corrected chi connectivity index (χ3v) is 6.27. The summed E-state index contributed by atoms with van der Waals surface area (Å²) in [6.07, 6.45) is 2.98. The molecule has 2 rings (SSSR count). The molecular weight excluding hydrogens is 404 g/mol. The van der Waals surface area contributed by atoms with Gasteiger partial charge in [-0.15, -0.1) is 0 Å². The van der Waals surface area contributed by atoms with E-state index in [0.717, 1.165) is 16.7 Å². The maximum atomic E-state index is 12.9. The van der Waals surface area contributed by atoms with Gasteiger partial charge in [-0.25, -0.2) is 4.79 Å². The predicted molar refractivity (Wildman–Crippen MR) is 127 cm³/mol. The van der Waals surface area contributed by atoms with E-state index in [1.54, 1.807) is 39.2 Å². The first-order valence-corrected chi connectivity index (χ1v) is 10.8. The molecule has 0 heterocycles. The molecule has 0 amide bonds. The Morgan fingerprint density at radius 1 is 1.06 bits per heavy atom. The van der Waals surface area contributed by atoms with Crippen molar-refractivity contribution in [1.29, 1.82) is 0 Å². The summed E-state index contributed by atoms with van der Waals surface area (Å²) in [5, 5.41) is 9.99. The van der Waals surface area contributed by atoms with E-state index in [1.165, 1.54) is 0 Å². The van der Waals surface area contributed by atoms with E-state index in [-0.39, 0.29) is 17.5 Å². The summed E-state index contributed by atoms with van der Waals surface area (Å²) in [7, 11) is 1.61. The molecule has 2 atom stereocenters. The van der Waals surface area contributed by atoms with Crippen molar-refractivity contribution >= 4 is 11.8 Å². The average molecular weight is 441 g/mol. The normalized spacial score (nSPS) is 22.0. The van der Waals surface area contributed by atoms with E-state index in [2.05, 4.69) is 0 Å². The van der Waals surface area contributed by atoms with Crippen molar-refractivity contribution in [3.8, 4) is 5.75 Å². The molecule has 0 bridgehead atoms. The van der Waals surface area contributed by atoms with E-state index in [1.807, 2.05) is 54.5 Å². The van der Waals surface area contributed by atoms with Gasteiger partial charge in [0.15, 0.2) is 5.78 Å². The van der Waals surface area contributed by atoms with Gasteiger partial charge in [-0.2, -0.15) is 0 Å². The Kier molecular flexibility index (Phi) is 7.25. The standard InChI is InChI=1S/C27H36O5/c1-15-13-20(14-16(2)23(15)29)21(28)11-12-27(9)19(5)17(3)22(18(4)24(27)31-10)25(30)32-26(6,7)8/h11-14,24,29H,1-10H3. The molecule has 1 aromatic carbocycles. The van der Waals surface area contributed by atoms with Crippen LogP contribution in [0.2, 0.25) is 0 Å². The van der Waals surface area contributed by atoms with Crippen molar-refractivity contribution in [3.63, 3.8) is 0 Å². The summed E-state index contributed by atoms with van der Waals surface area (Å²) in [4.78, 5) is 25.9. The van der Waals surface area contributed by atoms with E-state index in [9.17, 15) is 14.7 Å². The van der Waals surface area contributed by atoms with Crippen LogP contribution in [-0.4, -0.2) is 35.7 Å². The lowest BCUT2D eigenvalue weighted by Gasteiger charge is -2.42. The molecule has 5 heteroatoms. The molecule has 0 radical (unpaired) electrons. The maximum Gasteiger partial charge on any atom is 0.338 e. The number of ketones is 1. The molecule has 1 N–H and O–H groups in total. The monoisotopic (exact) mass is 440 g/mol. The number of esters is 1. The zero-order valence-electron chi connectivity index (χ0n) is 21.0. The number of phenols is 1. The Bertz CT molecular complexity index is 1010. The molecule has 0 fully saturated rings. The predicted octanol–water partition coefficient (Wildman–Crippen LogP) is 5.78. The molecule has 174 valence electrons. The molecular formula is C27H36O5. The second kappa shape index (κ2) is 9.07. The van der Waals surface area contributed by atoms with Crippen LogP contribution in [0.25, 0.3) is 0 Å². The van der Waals surface area contributed by atoms with E-state index in [4.69, 9.17) is 9.47 Å². The fourth-order valence-corrected chi connectivity index (χ4v) is 4.39. The maximum absolute atomic E-state index is 12.9. The van der Waals surface area contributed by atoms with E-state index >= 15 is 0 Å². The summed E-state index contributed by atoms with van der Waals surface area (Å²) >= 11 is 0. The molecule has 2 unspecified atom stereocenters. The van der Waals surface area contributed by atoms with Crippen LogP contribution in [0.1, 0.15) is 70.0 Å². The molecule has 1 aromatic rings. The van der Waals surface area contributed by atoms with Gasteiger partial charge < -0.3 is 14.6 Å². The number of methoxy groups -OCH3 is 1. The minimum atomic E-state index is -0.620. The SMILES string of the molecule is COC1C(C)=C(C(=O)OC(C)(C)C)C(C)=C(C)C1(C)C=CC(=O)c1cc(C)c(O)c(C)c1. The zero-order valence-corrected chi connectivity index (χ0v) is 21.0. The fourth-order valence-electron chi connectivity index (χ4n) is 4.39. The van der Waals surface area contributed by atoms with E-state index in [0.29, 0.717) is 22.3 Å². The highest BCUT2D eigenvalue weighted by Gasteiger charge is 2.43. The lowest BCUT2D eigenvalue weighted by molar-refractivity contribution is -0.149. The summed E-state index contributed by atoms with van der Waals surface area (Å²) in [5.41, 5.74) is 3.70. The van der Waals surface area contributed by atoms with Crippen molar-refractivity contribution in [1.82, 2.24) is 0 Å². The summed E-state index contributed by atoms with van der Waals surface area (Å²) in [6.45, 7) is 16.8.